The van der Waals surface area contributed by atoms with Gasteiger partial charge in [0, 0.05) is 30.8 Å². The molecule has 0 saturated heterocycles. The van der Waals surface area contributed by atoms with E-state index < -0.39 is 4.92 Å². The number of nitrogens with one attached hydrogen (secondary N) is 1. The number of terminal acetylenes is 1. The number of hydrogen-bond donors (Lipinski definition) is 1. The minimum atomic E-state index is -0.439. The van der Waals surface area contributed by atoms with Gasteiger partial charge in [0.05, 0.1) is 17.6 Å². The molecule has 96 valence electrons. The first-order valence-corrected chi connectivity index (χ1v) is 5.77. The molecule has 5 heteroatoms. The molecule has 0 heterocycles. The Kier molecular flexibility index (Phi) is 5.52. The monoisotopic (exact) mass is 248 g/mol. The standard InChI is InChI=1S/C13H16N2O3/c1-3-5-7-18-13-9-11(14-6-4-2)8-12(10-13)15(16)17/h1,8-10,14H,4-7H2,2H3. The highest BCUT2D eigenvalue weighted by Crippen LogP contribution is 2.26. The van der Waals surface area contributed by atoms with Crippen molar-refractivity contribution in [3.05, 3.63) is 28.3 Å². The molecule has 0 spiro atoms. The second-order valence-corrected chi connectivity index (χ2v) is 3.70. The van der Waals surface area contributed by atoms with E-state index in [1.807, 2.05) is 6.92 Å². The van der Waals surface area contributed by atoms with Gasteiger partial charge in [-0.25, -0.2) is 0 Å². The van der Waals surface area contributed by atoms with Crippen LogP contribution in [-0.2, 0) is 0 Å². The number of benzene rings is 1. The number of rotatable bonds is 7. The van der Waals surface area contributed by atoms with Gasteiger partial charge in [0.1, 0.15) is 5.75 Å². The Bertz CT molecular complexity index is 452. The lowest BCUT2D eigenvalue weighted by Gasteiger charge is -2.08. The zero-order valence-corrected chi connectivity index (χ0v) is 10.3. The average molecular weight is 248 g/mol. The molecule has 0 aliphatic carbocycles. The maximum Gasteiger partial charge on any atom is 0.275 e. The molecule has 0 bridgehead atoms. The fourth-order valence-electron chi connectivity index (χ4n) is 1.37. The van der Waals surface area contributed by atoms with Gasteiger partial charge >= 0.3 is 0 Å². The number of non-ortho nitro benzene ring substituents is 1. The summed E-state index contributed by atoms with van der Waals surface area (Å²) >= 11 is 0. The van der Waals surface area contributed by atoms with E-state index in [0.29, 0.717) is 24.5 Å². The number of nitro benzene ring substituents is 1. The van der Waals surface area contributed by atoms with Crippen molar-refractivity contribution in [3.8, 4) is 18.1 Å². The van der Waals surface area contributed by atoms with Crippen molar-refractivity contribution >= 4 is 11.4 Å². The summed E-state index contributed by atoms with van der Waals surface area (Å²) < 4.78 is 5.37. The molecule has 0 unspecified atom stereocenters. The summed E-state index contributed by atoms with van der Waals surface area (Å²) in [6, 6.07) is 4.62. The fourth-order valence-corrected chi connectivity index (χ4v) is 1.37. The van der Waals surface area contributed by atoms with Crippen LogP contribution in [0, 0.1) is 22.5 Å². The van der Waals surface area contributed by atoms with Gasteiger partial charge < -0.3 is 10.1 Å². The summed E-state index contributed by atoms with van der Waals surface area (Å²) in [6.45, 7) is 3.13. The van der Waals surface area contributed by atoms with E-state index in [2.05, 4.69) is 11.2 Å². The minimum Gasteiger partial charge on any atom is -0.492 e. The molecule has 18 heavy (non-hydrogen) atoms. The van der Waals surface area contributed by atoms with Crippen LogP contribution in [0.15, 0.2) is 18.2 Å². The lowest BCUT2D eigenvalue weighted by atomic mass is 10.2. The predicted octanol–water partition coefficient (Wildman–Crippen LogP) is 2.82. The van der Waals surface area contributed by atoms with Crippen LogP contribution < -0.4 is 10.1 Å². The smallest absolute Gasteiger partial charge is 0.275 e. The van der Waals surface area contributed by atoms with Crippen LogP contribution in [0.5, 0.6) is 5.75 Å². The zero-order chi connectivity index (χ0) is 13.4. The largest absolute Gasteiger partial charge is 0.492 e. The molecule has 0 aliphatic rings. The van der Waals surface area contributed by atoms with Crippen LogP contribution in [0.2, 0.25) is 0 Å². The average Bonchev–Trinajstić information content (AvgIpc) is 2.36. The third kappa shape index (κ3) is 4.34. The number of hydrogen-bond acceptors (Lipinski definition) is 4. The first-order chi connectivity index (χ1) is 8.67. The van der Waals surface area contributed by atoms with Crippen LogP contribution in [0.3, 0.4) is 0 Å². The second-order valence-electron chi connectivity index (χ2n) is 3.70. The number of nitrogens with zero attached hydrogens (tertiary/aromatic N) is 1. The Morgan fingerprint density at radius 2 is 2.28 bits per heavy atom. The fraction of sp³-hybridized carbons (Fsp3) is 0.385. The molecule has 0 saturated carbocycles. The molecule has 1 N–H and O–H groups in total. The summed E-state index contributed by atoms with van der Waals surface area (Å²) in [5.74, 6) is 2.91. The molecule has 1 rings (SSSR count). The summed E-state index contributed by atoms with van der Waals surface area (Å²) in [5.41, 5.74) is 0.688. The predicted molar refractivity (Wildman–Crippen MR) is 70.8 cm³/mol. The third-order valence-corrected chi connectivity index (χ3v) is 2.20. The topological polar surface area (TPSA) is 64.4 Å². The van der Waals surface area contributed by atoms with Crippen molar-refractivity contribution in [2.45, 2.75) is 19.8 Å². The van der Waals surface area contributed by atoms with Crippen LogP contribution in [0.25, 0.3) is 0 Å². The van der Waals surface area contributed by atoms with E-state index in [-0.39, 0.29) is 5.69 Å². The van der Waals surface area contributed by atoms with Gasteiger partial charge in [-0.1, -0.05) is 6.92 Å². The first-order valence-electron chi connectivity index (χ1n) is 5.77. The van der Waals surface area contributed by atoms with Crippen molar-refractivity contribution in [3.63, 3.8) is 0 Å². The molecule has 0 aliphatic heterocycles. The molecule has 5 nitrogen and oxygen atoms in total. The Hall–Kier alpha value is -2.22. The number of ether oxygens (including phenoxy) is 1. The lowest BCUT2D eigenvalue weighted by Crippen LogP contribution is -2.02. The Labute approximate surface area is 106 Å². The number of anilines is 1. The van der Waals surface area contributed by atoms with E-state index in [4.69, 9.17) is 11.2 Å². The van der Waals surface area contributed by atoms with Gasteiger partial charge in [0.2, 0.25) is 0 Å². The van der Waals surface area contributed by atoms with Gasteiger partial charge in [-0.15, -0.1) is 12.3 Å². The van der Waals surface area contributed by atoms with Crippen LogP contribution in [-0.4, -0.2) is 18.1 Å². The highest BCUT2D eigenvalue weighted by Gasteiger charge is 2.10. The van der Waals surface area contributed by atoms with E-state index >= 15 is 0 Å². The minimum absolute atomic E-state index is 0.00631. The molecule has 0 radical (unpaired) electrons. The molecule has 0 amide bonds. The third-order valence-electron chi connectivity index (χ3n) is 2.20. The lowest BCUT2D eigenvalue weighted by molar-refractivity contribution is -0.384. The molecule has 0 fully saturated rings. The first kappa shape index (κ1) is 13.8. The quantitative estimate of drug-likeness (QED) is 0.349. The van der Waals surface area contributed by atoms with Gasteiger partial charge in [-0.05, 0) is 6.42 Å². The van der Waals surface area contributed by atoms with E-state index in [9.17, 15) is 10.1 Å². The van der Waals surface area contributed by atoms with Gasteiger partial charge in [0.15, 0.2) is 0 Å². The zero-order valence-electron chi connectivity index (χ0n) is 10.3. The van der Waals surface area contributed by atoms with Crippen molar-refractivity contribution in [2.24, 2.45) is 0 Å². The van der Waals surface area contributed by atoms with Crippen molar-refractivity contribution in [1.29, 1.82) is 0 Å². The van der Waals surface area contributed by atoms with Gasteiger partial charge in [-0.3, -0.25) is 10.1 Å². The number of nitro groups is 1. The summed E-state index contributed by atoms with van der Waals surface area (Å²) in [5, 5.41) is 13.9. The van der Waals surface area contributed by atoms with E-state index in [0.717, 1.165) is 13.0 Å². The van der Waals surface area contributed by atoms with Gasteiger partial charge in [-0.2, -0.15) is 0 Å². The summed E-state index contributed by atoms with van der Waals surface area (Å²) in [7, 11) is 0. The van der Waals surface area contributed by atoms with Crippen LogP contribution in [0.1, 0.15) is 19.8 Å². The molecule has 0 aromatic heterocycles. The SMILES string of the molecule is C#CCCOc1cc(NCCC)cc([N+](=O)[O-])c1. The van der Waals surface area contributed by atoms with Crippen molar-refractivity contribution in [1.82, 2.24) is 0 Å². The molecule has 1 aromatic carbocycles. The molecule has 1 aromatic rings. The summed E-state index contributed by atoms with van der Waals surface area (Å²) in [6.07, 6.45) is 6.53. The van der Waals surface area contributed by atoms with Crippen molar-refractivity contribution < 1.29 is 9.66 Å². The van der Waals surface area contributed by atoms with Gasteiger partial charge in [0.25, 0.3) is 5.69 Å². The maximum absolute atomic E-state index is 10.8. The highest BCUT2D eigenvalue weighted by atomic mass is 16.6. The van der Waals surface area contributed by atoms with E-state index in [1.54, 1.807) is 6.07 Å². The van der Waals surface area contributed by atoms with Crippen LogP contribution >= 0.6 is 0 Å². The molecular formula is C13H16N2O3. The van der Waals surface area contributed by atoms with Crippen LogP contribution in [0.4, 0.5) is 11.4 Å². The molecule has 0 atom stereocenters. The highest BCUT2D eigenvalue weighted by molar-refractivity contribution is 5.56. The van der Waals surface area contributed by atoms with Crippen molar-refractivity contribution in [2.75, 3.05) is 18.5 Å². The normalized spacial score (nSPS) is 9.56. The maximum atomic E-state index is 10.8. The Morgan fingerprint density at radius 3 is 2.89 bits per heavy atom. The summed E-state index contributed by atoms with van der Waals surface area (Å²) in [4.78, 5) is 10.4. The molecular weight excluding hydrogens is 232 g/mol. The van der Waals surface area contributed by atoms with E-state index in [1.165, 1.54) is 12.1 Å². The second kappa shape index (κ2) is 7.17. The Balaban J connectivity index is 2.84. The Morgan fingerprint density at radius 1 is 1.50 bits per heavy atom.